The molecule has 0 aliphatic rings. The molecule has 33 heavy (non-hydrogen) atoms. The van der Waals surface area contributed by atoms with Crippen molar-refractivity contribution in [2.45, 2.75) is 13.1 Å². The second kappa shape index (κ2) is 14.4. The molecular formula is C24H36N6O3. The Morgan fingerprint density at radius 3 is 1.85 bits per heavy atom. The van der Waals surface area contributed by atoms with Gasteiger partial charge in [0.15, 0.2) is 0 Å². The molecule has 0 radical (unpaired) electrons. The monoisotopic (exact) mass is 456 g/mol. The number of nitrogens with one attached hydrogen (secondary N) is 1. The van der Waals surface area contributed by atoms with Gasteiger partial charge in [-0.25, -0.2) is 9.97 Å². The maximum absolute atomic E-state index is 5.79. The fourth-order valence-electron chi connectivity index (χ4n) is 3.27. The van der Waals surface area contributed by atoms with E-state index in [1.807, 2.05) is 78.3 Å². The Morgan fingerprint density at radius 1 is 0.758 bits per heavy atom. The van der Waals surface area contributed by atoms with E-state index < -0.39 is 0 Å². The molecule has 180 valence electrons. The number of aryl methyl sites for hydroxylation is 2. The molecule has 3 rings (SSSR count). The quantitative estimate of drug-likeness (QED) is 0.312. The van der Waals surface area contributed by atoms with Gasteiger partial charge in [-0.2, -0.15) is 0 Å². The summed E-state index contributed by atoms with van der Waals surface area (Å²) in [5, 5.41) is 3.31. The maximum Gasteiger partial charge on any atom is 0.122 e. The standard InChI is InChI=1S/C24H36N6O3/c1-28-11-8-26-23(28)20-30(21-24-27-9-12-29(24)2)13-15-32-17-19-33-18-16-31-14-10-25-22-6-4-3-5-7-22/h3-9,11-12,25H,10,13-21H2,1-2H3. The molecular weight excluding hydrogens is 420 g/mol. The van der Waals surface area contributed by atoms with E-state index in [0.717, 1.165) is 43.5 Å². The zero-order chi connectivity index (χ0) is 23.1. The highest BCUT2D eigenvalue weighted by Crippen LogP contribution is 2.07. The first kappa shape index (κ1) is 24.9. The van der Waals surface area contributed by atoms with Gasteiger partial charge in [0.05, 0.1) is 52.7 Å². The van der Waals surface area contributed by atoms with Crippen LogP contribution in [0.4, 0.5) is 5.69 Å². The molecule has 1 aromatic carbocycles. The first-order valence-electron chi connectivity index (χ1n) is 11.4. The lowest BCUT2D eigenvalue weighted by molar-refractivity contribution is 0.0110. The zero-order valence-electron chi connectivity index (χ0n) is 19.7. The number of hydrogen-bond donors (Lipinski definition) is 1. The van der Waals surface area contributed by atoms with E-state index in [4.69, 9.17) is 14.2 Å². The first-order chi connectivity index (χ1) is 16.2. The molecule has 0 spiro atoms. The number of hydrogen-bond acceptors (Lipinski definition) is 7. The lowest BCUT2D eigenvalue weighted by Gasteiger charge is -2.21. The lowest BCUT2D eigenvalue weighted by atomic mass is 10.3. The molecule has 9 heteroatoms. The molecule has 0 aliphatic heterocycles. The normalized spacial score (nSPS) is 11.4. The molecule has 0 saturated heterocycles. The van der Waals surface area contributed by atoms with Crippen LogP contribution in [0.5, 0.6) is 0 Å². The van der Waals surface area contributed by atoms with Crippen LogP contribution >= 0.6 is 0 Å². The van der Waals surface area contributed by atoms with Crippen molar-refractivity contribution in [1.82, 2.24) is 24.0 Å². The van der Waals surface area contributed by atoms with Crippen molar-refractivity contribution in [1.29, 1.82) is 0 Å². The van der Waals surface area contributed by atoms with E-state index in [1.165, 1.54) is 0 Å². The van der Waals surface area contributed by atoms with Crippen LogP contribution in [0, 0.1) is 0 Å². The van der Waals surface area contributed by atoms with E-state index in [2.05, 4.69) is 20.2 Å². The van der Waals surface area contributed by atoms with Gasteiger partial charge in [-0.15, -0.1) is 0 Å². The number of anilines is 1. The molecule has 1 N–H and O–H groups in total. The van der Waals surface area contributed by atoms with Gasteiger partial charge in [-0.3, -0.25) is 4.90 Å². The highest BCUT2D eigenvalue weighted by Gasteiger charge is 2.12. The molecule has 9 nitrogen and oxygen atoms in total. The number of benzene rings is 1. The molecule has 2 aromatic heterocycles. The van der Waals surface area contributed by atoms with Crippen molar-refractivity contribution in [2.24, 2.45) is 14.1 Å². The van der Waals surface area contributed by atoms with Gasteiger partial charge < -0.3 is 28.7 Å². The third-order valence-electron chi connectivity index (χ3n) is 5.22. The van der Waals surface area contributed by atoms with Crippen molar-refractivity contribution in [3.63, 3.8) is 0 Å². The Kier molecular flexibility index (Phi) is 10.9. The predicted octanol–water partition coefficient (Wildman–Crippen LogP) is 2.32. The van der Waals surface area contributed by atoms with Gasteiger partial charge in [-0.05, 0) is 12.1 Å². The minimum atomic E-state index is 0.560. The summed E-state index contributed by atoms with van der Waals surface area (Å²) in [5.41, 5.74) is 1.10. The average molecular weight is 457 g/mol. The predicted molar refractivity (Wildman–Crippen MR) is 128 cm³/mol. The highest BCUT2D eigenvalue weighted by atomic mass is 16.5. The summed E-state index contributed by atoms with van der Waals surface area (Å²) in [6, 6.07) is 10.1. The van der Waals surface area contributed by atoms with Crippen molar-refractivity contribution in [2.75, 3.05) is 58.0 Å². The van der Waals surface area contributed by atoms with Gasteiger partial charge >= 0.3 is 0 Å². The van der Waals surface area contributed by atoms with Crippen molar-refractivity contribution in [3.05, 3.63) is 66.8 Å². The van der Waals surface area contributed by atoms with Crippen LogP contribution in [0.2, 0.25) is 0 Å². The van der Waals surface area contributed by atoms with Crippen LogP contribution < -0.4 is 5.32 Å². The summed E-state index contributed by atoms with van der Waals surface area (Å²) in [6.07, 6.45) is 7.58. The van der Waals surface area contributed by atoms with Crippen LogP contribution in [0.15, 0.2) is 55.1 Å². The molecule has 0 atom stereocenters. The van der Waals surface area contributed by atoms with Gasteiger partial charge in [0, 0.05) is 57.7 Å². The largest absolute Gasteiger partial charge is 0.383 e. The summed E-state index contributed by atoms with van der Waals surface area (Å²) >= 11 is 0. The third-order valence-corrected chi connectivity index (χ3v) is 5.22. The van der Waals surface area contributed by atoms with Gasteiger partial charge in [0.25, 0.3) is 0 Å². The molecule has 0 fully saturated rings. The zero-order valence-corrected chi connectivity index (χ0v) is 19.7. The molecule has 0 aliphatic carbocycles. The molecule has 0 amide bonds. The Hall–Kier alpha value is -2.72. The Labute approximate surface area is 196 Å². The van der Waals surface area contributed by atoms with Crippen LogP contribution in [0.25, 0.3) is 0 Å². The van der Waals surface area contributed by atoms with E-state index in [1.54, 1.807) is 0 Å². The topological polar surface area (TPSA) is 78.6 Å². The van der Waals surface area contributed by atoms with Crippen LogP contribution in [0.3, 0.4) is 0 Å². The molecule has 0 saturated carbocycles. The lowest BCUT2D eigenvalue weighted by Crippen LogP contribution is -2.29. The van der Waals surface area contributed by atoms with Gasteiger partial charge in [0.1, 0.15) is 11.6 Å². The minimum absolute atomic E-state index is 0.560. The second-order valence-electron chi connectivity index (χ2n) is 7.75. The summed E-state index contributed by atoms with van der Waals surface area (Å²) < 4.78 is 21.0. The molecule has 3 aromatic rings. The van der Waals surface area contributed by atoms with E-state index in [9.17, 15) is 0 Å². The number of rotatable bonds is 17. The number of nitrogens with zero attached hydrogens (tertiary/aromatic N) is 5. The van der Waals surface area contributed by atoms with Crippen molar-refractivity contribution < 1.29 is 14.2 Å². The number of para-hydroxylation sites is 1. The van der Waals surface area contributed by atoms with Crippen molar-refractivity contribution >= 4 is 5.69 Å². The van der Waals surface area contributed by atoms with Crippen LogP contribution in [-0.2, 0) is 41.4 Å². The summed E-state index contributed by atoms with van der Waals surface area (Å²) in [4.78, 5) is 11.2. The Morgan fingerprint density at radius 2 is 1.30 bits per heavy atom. The third kappa shape index (κ3) is 9.35. The van der Waals surface area contributed by atoms with E-state index >= 15 is 0 Å². The summed E-state index contributed by atoms with van der Waals surface area (Å²) in [6.45, 7) is 6.60. The second-order valence-corrected chi connectivity index (χ2v) is 7.75. The SMILES string of the molecule is Cn1ccnc1CN(CCOCCOCCOCCNc1ccccc1)Cc1nccn1C. The van der Waals surface area contributed by atoms with Crippen LogP contribution in [-0.4, -0.2) is 76.7 Å². The van der Waals surface area contributed by atoms with Crippen LogP contribution in [0.1, 0.15) is 11.6 Å². The number of aromatic nitrogens is 4. The molecule has 0 unspecified atom stereocenters. The Balaban J connectivity index is 1.22. The maximum atomic E-state index is 5.79. The van der Waals surface area contributed by atoms with E-state index in [0.29, 0.717) is 39.6 Å². The summed E-state index contributed by atoms with van der Waals surface area (Å²) in [7, 11) is 4.03. The fourth-order valence-corrected chi connectivity index (χ4v) is 3.27. The number of imidazole rings is 2. The fraction of sp³-hybridized carbons (Fsp3) is 0.500. The smallest absolute Gasteiger partial charge is 0.122 e. The highest BCUT2D eigenvalue weighted by molar-refractivity contribution is 5.42. The molecule has 0 bridgehead atoms. The first-order valence-corrected chi connectivity index (χ1v) is 11.4. The summed E-state index contributed by atoms with van der Waals surface area (Å²) in [5.74, 6) is 2.04. The molecule has 2 heterocycles. The Bertz CT molecular complexity index is 856. The van der Waals surface area contributed by atoms with Crippen molar-refractivity contribution in [3.8, 4) is 0 Å². The average Bonchev–Trinajstić information content (AvgIpc) is 3.42. The van der Waals surface area contributed by atoms with E-state index in [-0.39, 0.29) is 0 Å². The van der Waals surface area contributed by atoms with Gasteiger partial charge in [-0.1, -0.05) is 18.2 Å². The van der Waals surface area contributed by atoms with Gasteiger partial charge in [0.2, 0.25) is 0 Å². The minimum Gasteiger partial charge on any atom is -0.383 e. The number of ether oxygens (including phenoxy) is 3.